The van der Waals surface area contributed by atoms with Crippen LogP contribution >= 0.6 is 0 Å². The molecule has 0 aromatic heterocycles. The van der Waals surface area contributed by atoms with Crippen molar-refractivity contribution in [1.82, 2.24) is 0 Å². The Morgan fingerprint density at radius 1 is 0.488 bits per heavy atom. The van der Waals surface area contributed by atoms with Crippen molar-refractivity contribution in [1.29, 1.82) is 0 Å². The van der Waals surface area contributed by atoms with Gasteiger partial charge in [0.05, 0.1) is 0 Å². The number of nitrogens with zero attached hydrogens (tertiary/aromatic N) is 1. The highest BCUT2D eigenvalue weighted by atomic mass is 28.3. The van der Waals surface area contributed by atoms with E-state index in [2.05, 4.69) is 173 Å². The summed E-state index contributed by atoms with van der Waals surface area (Å²) >= 11 is 0. The van der Waals surface area contributed by atoms with Gasteiger partial charge in [0, 0.05) is 33.5 Å². The van der Waals surface area contributed by atoms with Gasteiger partial charge in [-0.25, -0.2) is 0 Å². The van der Waals surface area contributed by atoms with Crippen molar-refractivity contribution in [3.8, 4) is 33.7 Å². The zero-order chi connectivity index (χ0) is 30.1. The highest BCUT2D eigenvalue weighted by Crippen LogP contribution is 2.52. The molecule has 0 unspecified atom stereocenters. The predicted molar refractivity (Wildman–Crippen MR) is 186 cm³/mol. The van der Waals surface area contributed by atoms with Crippen molar-refractivity contribution in [2.45, 2.75) is 58.2 Å². The van der Waals surface area contributed by atoms with Crippen LogP contribution in [0.15, 0.2) is 109 Å². The third-order valence-electron chi connectivity index (χ3n) is 9.36. The average molecular weight is 574 g/mol. The largest absolute Gasteiger partial charge is 0.310 e. The molecular weight excluding hydrogens is 535 g/mol. The highest BCUT2D eigenvalue weighted by Gasteiger charge is 2.37. The summed E-state index contributed by atoms with van der Waals surface area (Å²) in [5, 5.41) is 0. The molecule has 0 spiro atoms. The number of anilines is 3. The second-order valence-corrected chi connectivity index (χ2v) is 18.9. The fourth-order valence-corrected chi connectivity index (χ4v) is 7.58. The molecule has 0 saturated heterocycles. The van der Waals surface area contributed by atoms with Gasteiger partial charge in [0.1, 0.15) is 8.07 Å². The Morgan fingerprint density at radius 2 is 0.907 bits per heavy atom. The summed E-state index contributed by atoms with van der Waals surface area (Å²) in [6, 6.07) is 40.6. The molecule has 0 saturated carbocycles. The molecule has 43 heavy (non-hydrogen) atoms. The van der Waals surface area contributed by atoms with E-state index < -0.39 is 8.07 Å². The molecule has 1 nitrogen and oxygen atoms in total. The first-order valence-electron chi connectivity index (χ1n) is 15.4. The van der Waals surface area contributed by atoms with Crippen LogP contribution < -0.4 is 4.90 Å². The Morgan fingerprint density at radius 3 is 1.37 bits per heavy atom. The van der Waals surface area contributed by atoms with E-state index in [0.29, 0.717) is 0 Å². The van der Waals surface area contributed by atoms with Crippen LogP contribution in [0.5, 0.6) is 0 Å². The van der Waals surface area contributed by atoms with E-state index in [9.17, 15) is 0 Å². The number of rotatable bonds is 3. The summed E-state index contributed by atoms with van der Waals surface area (Å²) < 4.78 is 0. The molecule has 0 aliphatic heterocycles. The van der Waals surface area contributed by atoms with Crippen molar-refractivity contribution in [3.05, 3.63) is 137 Å². The first kappa shape index (κ1) is 27.5. The lowest BCUT2D eigenvalue weighted by molar-refractivity contribution is 0.660. The highest BCUT2D eigenvalue weighted by molar-refractivity contribution is 6.83. The van der Waals surface area contributed by atoms with Gasteiger partial charge in [0.2, 0.25) is 0 Å². The van der Waals surface area contributed by atoms with Gasteiger partial charge in [-0.05, 0) is 93.0 Å². The van der Waals surface area contributed by atoms with Crippen molar-refractivity contribution in [2.24, 2.45) is 0 Å². The molecule has 0 heterocycles. The second-order valence-electron chi connectivity index (χ2n) is 14.2. The molecule has 0 fully saturated rings. The normalized spacial score (nSPS) is 15.0. The van der Waals surface area contributed by atoms with Gasteiger partial charge in [-0.2, -0.15) is 0 Å². The molecule has 2 aliphatic carbocycles. The zero-order valence-electron chi connectivity index (χ0n) is 26.3. The minimum Gasteiger partial charge on any atom is -0.310 e. The maximum atomic E-state index is 3.52. The number of benzene rings is 5. The van der Waals surface area contributed by atoms with E-state index >= 15 is 0 Å². The van der Waals surface area contributed by atoms with Crippen LogP contribution in [0.4, 0.5) is 17.1 Å². The van der Waals surface area contributed by atoms with Gasteiger partial charge in [-0.15, -0.1) is 5.54 Å². The minimum atomic E-state index is -1.45. The van der Waals surface area contributed by atoms with E-state index in [1.165, 1.54) is 55.9 Å². The molecule has 0 radical (unpaired) electrons. The van der Waals surface area contributed by atoms with Gasteiger partial charge in [0.15, 0.2) is 0 Å². The predicted octanol–water partition coefficient (Wildman–Crippen LogP) is 11.0. The van der Waals surface area contributed by atoms with Crippen LogP contribution in [0.1, 0.15) is 55.5 Å². The molecule has 2 heteroatoms. The lowest BCUT2D eigenvalue weighted by atomic mass is 9.82. The maximum absolute atomic E-state index is 3.52. The number of hydrogen-bond acceptors (Lipinski definition) is 1. The first-order valence-corrected chi connectivity index (χ1v) is 18.9. The molecule has 5 aromatic rings. The first-order chi connectivity index (χ1) is 20.4. The van der Waals surface area contributed by atoms with E-state index in [4.69, 9.17) is 0 Å². The summed E-state index contributed by atoms with van der Waals surface area (Å²) in [6.45, 7) is 16.3. The van der Waals surface area contributed by atoms with Crippen molar-refractivity contribution < 1.29 is 0 Å². The monoisotopic (exact) mass is 573 g/mol. The number of fused-ring (bicyclic) bond motifs is 6. The molecule has 5 aromatic carbocycles. The summed E-state index contributed by atoms with van der Waals surface area (Å²) in [5.41, 5.74) is 18.9. The standard InChI is InChI=1S/C41H39NSi/c1-40(2)36-14-10-8-12-32(36)34-22-20-30(26-38(34)40)42(29-18-16-28(17-19-29)24-25-43(5,6)7)31-21-23-35-33-13-9-11-15-37(33)41(3,4)39(35)27-31/h8-23,26-27H,1-7H3. The van der Waals surface area contributed by atoms with Gasteiger partial charge in [0.25, 0.3) is 0 Å². The maximum Gasteiger partial charge on any atom is 0.129 e. The van der Waals surface area contributed by atoms with E-state index in [-0.39, 0.29) is 10.8 Å². The summed E-state index contributed by atoms with van der Waals surface area (Å²) in [5.74, 6) is 3.43. The lowest BCUT2D eigenvalue weighted by Crippen LogP contribution is -2.18. The van der Waals surface area contributed by atoms with Gasteiger partial charge >= 0.3 is 0 Å². The van der Waals surface area contributed by atoms with Gasteiger partial charge in [-0.1, -0.05) is 114 Å². The Bertz CT molecular complexity index is 1850. The second kappa shape index (κ2) is 9.60. The molecule has 0 N–H and O–H groups in total. The minimum absolute atomic E-state index is 0.0640. The Kier molecular flexibility index (Phi) is 6.14. The topological polar surface area (TPSA) is 3.24 Å². The molecule has 0 atom stereocenters. The Balaban J connectivity index is 1.39. The average Bonchev–Trinajstić information content (AvgIpc) is 3.36. The van der Waals surface area contributed by atoms with Crippen molar-refractivity contribution >= 4 is 25.1 Å². The van der Waals surface area contributed by atoms with E-state index in [0.717, 1.165) is 11.3 Å². The van der Waals surface area contributed by atoms with Crippen LogP contribution in [-0.4, -0.2) is 8.07 Å². The van der Waals surface area contributed by atoms with Crippen LogP contribution in [0.3, 0.4) is 0 Å². The summed E-state index contributed by atoms with van der Waals surface area (Å²) in [6.07, 6.45) is 0. The zero-order valence-corrected chi connectivity index (χ0v) is 27.3. The molecular formula is C41H39NSi. The third kappa shape index (κ3) is 4.46. The molecule has 0 bridgehead atoms. The van der Waals surface area contributed by atoms with E-state index in [1.54, 1.807) is 0 Å². The van der Waals surface area contributed by atoms with Gasteiger partial charge < -0.3 is 4.90 Å². The fourth-order valence-electron chi connectivity index (χ4n) is 7.06. The van der Waals surface area contributed by atoms with Gasteiger partial charge in [-0.3, -0.25) is 0 Å². The summed E-state index contributed by atoms with van der Waals surface area (Å²) in [4.78, 5) is 2.43. The van der Waals surface area contributed by atoms with Crippen LogP contribution in [-0.2, 0) is 10.8 Å². The summed E-state index contributed by atoms with van der Waals surface area (Å²) in [7, 11) is -1.45. The fraction of sp³-hybridized carbons (Fsp3) is 0.220. The van der Waals surface area contributed by atoms with Crippen molar-refractivity contribution in [2.75, 3.05) is 4.90 Å². The van der Waals surface area contributed by atoms with Crippen molar-refractivity contribution in [3.63, 3.8) is 0 Å². The SMILES string of the molecule is CC1(C)c2ccccc2-c2ccc(N(c3ccc(C#C[Si](C)(C)C)cc3)c3ccc4c(c3)C(C)(C)c3ccccc3-4)cc21. The number of hydrogen-bond donors (Lipinski definition) is 0. The molecule has 2 aliphatic rings. The molecule has 0 amide bonds. The Labute approximate surface area is 258 Å². The lowest BCUT2D eigenvalue weighted by Gasteiger charge is -2.29. The van der Waals surface area contributed by atoms with Crippen LogP contribution in [0, 0.1) is 11.5 Å². The Hall–Kier alpha value is -4.32. The molecule has 7 rings (SSSR count). The van der Waals surface area contributed by atoms with Crippen LogP contribution in [0.25, 0.3) is 22.3 Å². The third-order valence-corrected chi connectivity index (χ3v) is 10.2. The van der Waals surface area contributed by atoms with E-state index in [1.807, 2.05) is 0 Å². The smallest absolute Gasteiger partial charge is 0.129 e. The van der Waals surface area contributed by atoms with Crippen LogP contribution in [0.2, 0.25) is 19.6 Å². The quantitative estimate of drug-likeness (QED) is 0.153. The molecule has 212 valence electrons.